The lowest BCUT2D eigenvalue weighted by Crippen LogP contribution is -2.33. The van der Waals surface area contributed by atoms with Crippen LogP contribution in [0.15, 0.2) is 23.4 Å². The number of amides is 2. The lowest BCUT2D eigenvalue weighted by molar-refractivity contribution is -0.119. The lowest BCUT2D eigenvalue weighted by atomic mass is 10.2. The van der Waals surface area contributed by atoms with Gasteiger partial charge in [0, 0.05) is 39.3 Å². The van der Waals surface area contributed by atoms with Crippen LogP contribution >= 0.6 is 0 Å². The van der Waals surface area contributed by atoms with Gasteiger partial charge in [-0.3, -0.25) is 9.69 Å². The molecule has 31 heavy (non-hydrogen) atoms. The SMILES string of the molecule is COCCO/N=C/C1[C@H]2CN(c3ccc(N4C[C@H](CNC(C)=O)OC4=O)cc3F)C[C@@H]12. The van der Waals surface area contributed by atoms with Crippen molar-refractivity contribution in [2.24, 2.45) is 22.9 Å². The third-order valence-corrected chi connectivity index (χ3v) is 5.98. The number of anilines is 2. The molecule has 1 saturated carbocycles. The summed E-state index contributed by atoms with van der Waals surface area (Å²) < 4.78 is 25.0. The molecule has 2 aliphatic heterocycles. The molecule has 2 saturated heterocycles. The number of halogens is 1. The Kier molecular flexibility index (Phi) is 6.26. The van der Waals surface area contributed by atoms with Gasteiger partial charge in [-0.1, -0.05) is 5.16 Å². The zero-order valence-corrected chi connectivity index (χ0v) is 17.6. The van der Waals surface area contributed by atoms with E-state index in [1.165, 1.54) is 17.9 Å². The van der Waals surface area contributed by atoms with Crippen LogP contribution in [0, 0.1) is 23.6 Å². The monoisotopic (exact) mass is 434 g/mol. The van der Waals surface area contributed by atoms with Crippen LogP contribution in [0.1, 0.15) is 6.92 Å². The van der Waals surface area contributed by atoms with Gasteiger partial charge in [-0.05, 0) is 30.0 Å². The number of carbonyl (C=O) groups excluding carboxylic acids is 2. The van der Waals surface area contributed by atoms with E-state index in [2.05, 4.69) is 10.5 Å². The third kappa shape index (κ3) is 4.73. The van der Waals surface area contributed by atoms with Crippen molar-refractivity contribution in [2.45, 2.75) is 13.0 Å². The molecule has 1 aliphatic carbocycles. The molecule has 1 unspecified atom stereocenters. The van der Waals surface area contributed by atoms with Gasteiger partial charge in [0.15, 0.2) is 0 Å². The number of nitrogens with zero attached hydrogens (tertiary/aromatic N) is 3. The number of ether oxygens (including phenoxy) is 2. The molecule has 1 aromatic rings. The number of nitrogens with one attached hydrogen (secondary N) is 1. The highest BCUT2D eigenvalue weighted by molar-refractivity contribution is 5.90. The van der Waals surface area contributed by atoms with Gasteiger partial charge in [0.2, 0.25) is 5.91 Å². The van der Waals surface area contributed by atoms with E-state index in [1.807, 2.05) is 11.1 Å². The Labute approximate surface area is 180 Å². The molecule has 4 atom stereocenters. The smallest absolute Gasteiger partial charge is 0.414 e. The molecule has 1 aromatic carbocycles. The first kappa shape index (κ1) is 21.4. The van der Waals surface area contributed by atoms with E-state index in [9.17, 15) is 14.0 Å². The summed E-state index contributed by atoms with van der Waals surface area (Å²) in [5.41, 5.74) is 0.976. The Hall–Kier alpha value is -2.88. The highest BCUT2D eigenvalue weighted by Crippen LogP contribution is 2.51. The number of fused-ring (bicyclic) bond motifs is 1. The maximum atomic E-state index is 14.9. The van der Waals surface area contributed by atoms with Crippen LogP contribution in [0.5, 0.6) is 0 Å². The van der Waals surface area contributed by atoms with Crippen molar-refractivity contribution in [1.82, 2.24) is 5.32 Å². The van der Waals surface area contributed by atoms with Crippen molar-refractivity contribution < 1.29 is 28.3 Å². The Morgan fingerprint density at radius 1 is 1.32 bits per heavy atom. The molecule has 9 nitrogen and oxygen atoms in total. The minimum absolute atomic E-state index is 0.194. The molecule has 1 N–H and O–H groups in total. The van der Waals surface area contributed by atoms with E-state index in [0.29, 0.717) is 42.3 Å². The van der Waals surface area contributed by atoms with Gasteiger partial charge < -0.3 is 24.5 Å². The molecule has 3 fully saturated rings. The second kappa shape index (κ2) is 9.09. The molecule has 168 valence electrons. The van der Waals surface area contributed by atoms with Crippen molar-refractivity contribution in [1.29, 1.82) is 0 Å². The maximum absolute atomic E-state index is 14.9. The average molecular weight is 434 g/mol. The molecule has 0 bridgehead atoms. The Morgan fingerprint density at radius 2 is 2.10 bits per heavy atom. The number of cyclic esters (lactones) is 1. The minimum atomic E-state index is -0.542. The molecule has 0 spiro atoms. The molecule has 4 rings (SSSR count). The quantitative estimate of drug-likeness (QED) is 0.361. The summed E-state index contributed by atoms with van der Waals surface area (Å²) >= 11 is 0. The zero-order valence-electron chi connectivity index (χ0n) is 17.6. The summed E-state index contributed by atoms with van der Waals surface area (Å²) in [6.07, 6.45) is 0.847. The number of hydrogen-bond acceptors (Lipinski definition) is 7. The van der Waals surface area contributed by atoms with Crippen LogP contribution in [0.25, 0.3) is 0 Å². The van der Waals surface area contributed by atoms with Gasteiger partial charge >= 0.3 is 6.09 Å². The van der Waals surface area contributed by atoms with Crippen molar-refractivity contribution in [3.63, 3.8) is 0 Å². The number of piperidine rings is 1. The number of hydrogen-bond donors (Lipinski definition) is 1. The molecule has 0 radical (unpaired) electrons. The Balaban J connectivity index is 1.31. The molecular weight excluding hydrogens is 407 g/mol. The summed E-state index contributed by atoms with van der Waals surface area (Å²) in [6, 6.07) is 4.80. The van der Waals surface area contributed by atoms with Gasteiger partial charge in [0.1, 0.15) is 18.5 Å². The third-order valence-electron chi connectivity index (χ3n) is 5.98. The first-order chi connectivity index (χ1) is 15.0. The first-order valence-electron chi connectivity index (χ1n) is 10.4. The van der Waals surface area contributed by atoms with E-state index in [1.54, 1.807) is 19.2 Å². The molecule has 2 amide bonds. The van der Waals surface area contributed by atoms with Crippen molar-refractivity contribution in [3.8, 4) is 0 Å². The summed E-state index contributed by atoms with van der Waals surface area (Å²) in [4.78, 5) is 31.7. The van der Waals surface area contributed by atoms with Crippen molar-refractivity contribution >= 4 is 29.6 Å². The van der Waals surface area contributed by atoms with Gasteiger partial charge in [-0.2, -0.15) is 0 Å². The summed E-state index contributed by atoms with van der Waals surface area (Å²) in [5, 5.41) is 6.62. The van der Waals surface area contributed by atoms with E-state index in [0.717, 1.165) is 13.1 Å². The second-order valence-electron chi connectivity index (χ2n) is 8.08. The average Bonchev–Trinajstić information content (AvgIpc) is 3.05. The highest BCUT2D eigenvalue weighted by atomic mass is 19.1. The topological polar surface area (TPSA) is 92.7 Å². The van der Waals surface area contributed by atoms with E-state index in [4.69, 9.17) is 14.3 Å². The fourth-order valence-electron chi connectivity index (χ4n) is 4.29. The van der Waals surface area contributed by atoms with E-state index in [-0.39, 0.29) is 24.8 Å². The summed E-state index contributed by atoms with van der Waals surface area (Å²) in [7, 11) is 1.61. The van der Waals surface area contributed by atoms with Crippen molar-refractivity contribution in [2.75, 3.05) is 56.3 Å². The van der Waals surface area contributed by atoms with Gasteiger partial charge in [0.25, 0.3) is 0 Å². The Bertz CT molecular complexity index is 854. The standard InChI is InChI=1S/C21H27FN4O5/c1-13(27)23-8-15-10-26(21(28)31-15)14-3-4-20(19(22)7-14)25-11-17-16(18(17)12-25)9-24-30-6-5-29-2/h3-4,7,9,15-18H,5-6,8,10-12H2,1-2H3,(H,23,27)/b24-9+/t15-,16?,17-,18+/m0/s1. The fourth-order valence-corrected chi connectivity index (χ4v) is 4.29. The number of benzene rings is 1. The van der Waals surface area contributed by atoms with E-state index < -0.39 is 12.2 Å². The molecule has 10 heteroatoms. The molecule has 3 aliphatic rings. The molecule has 2 heterocycles. The zero-order chi connectivity index (χ0) is 22.0. The maximum Gasteiger partial charge on any atom is 0.414 e. The highest BCUT2D eigenvalue weighted by Gasteiger charge is 2.55. The second-order valence-corrected chi connectivity index (χ2v) is 8.08. The van der Waals surface area contributed by atoms with Gasteiger partial charge in [-0.15, -0.1) is 0 Å². The molecular formula is C21H27FN4O5. The van der Waals surface area contributed by atoms with Gasteiger partial charge in [-0.25, -0.2) is 9.18 Å². The summed E-state index contributed by atoms with van der Waals surface area (Å²) in [5.74, 6) is 0.723. The van der Waals surface area contributed by atoms with Gasteiger partial charge in [0.05, 0.1) is 31.1 Å². The van der Waals surface area contributed by atoms with Crippen LogP contribution in [0.4, 0.5) is 20.6 Å². The van der Waals surface area contributed by atoms with Crippen LogP contribution < -0.4 is 15.1 Å². The predicted molar refractivity (Wildman–Crippen MR) is 112 cm³/mol. The summed E-state index contributed by atoms with van der Waals surface area (Å²) in [6.45, 7) is 4.35. The normalized spacial score (nSPS) is 26.9. The van der Waals surface area contributed by atoms with Crippen LogP contribution in [0.3, 0.4) is 0 Å². The first-order valence-corrected chi connectivity index (χ1v) is 10.4. The number of rotatable bonds is 9. The minimum Gasteiger partial charge on any atom is -0.442 e. The van der Waals surface area contributed by atoms with Crippen molar-refractivity contribution in [3.05, 3.63) is 24.0 Å². The predicted octanol–water partition coefficient (Wildman–Crippen LogP) is 1.62. The number of methoxy groups -OCH3 is 1. The number of oxime groups is 1. The van der Waals surface area contributed by atoms with Crippen LogP contribution in [-0.4, -0.2) is 70.8 Å². The Morgan fingerprint density at radius 3 is 2.77 bits per heavy atom. The van der Waals surface area contributed by atoms with E-state index >= 15 is 0 Å². The van der Waals surface area contributed by atoms with Crippen LogP contribution in [-0.2, 0) is 19.1 Å². The molecule has 0 aromatic heterocycles. The fraction of sp³-hybridized carbons (Fsp3) is 0.571. The number of carbonyl (C=O) groups is 2. The van der Waals surface area contributed by atoms with Crippen LogP contribution in [0.2, 0.25) is 0 Å². The largest absolute Gasteiger partial charge is 0.442 e. The lowest BCUT2D eigenvalue weighted by Gasteiger charge is -2.23.